The Kier molecular flexibility index (Phi) is 6.63. The Balaban J connectivity index is 2.28. The summed E-state index contributed by atoms with van der Waals surface area (Å²) in [6.07, 6.45) is 7.13. The third kappa shape index (κ3) is 4.12. The molecule has 1 unspecified atom stereocenters. The van der Waals surface area contributed by atoms with Gasteiger partial charge in [0.25, 0.3) is 0 Å². The predicted molar refractivity (Wildman–Crippen MR) is 80.7 cm³/mol. The monoisotopic (exact) mass is 421 g/mol. The molecule has 0 heterocycles. The zero-order chi connectivity index (χ0) is 10.6. The number of hydrogen-bond acceptors (Lipinski definition) is 1. The van der Waals surface area contributed by atoms with Gasteiger partial charge < -0.3 is 4.90 Å². The molecule has 0 aromatic heterocycles. The topological polar surface area (TPSA) is 3.24 Å². The average molecular weight is 421 g/mol. The Morgan fingerprint density at radius 1 is 1.21 bits per heavy atom. The fraction of sp³-hybridized carbons (Fsp3) is 1.00. The Hall–Kier alpha value is 1.42. The second-order valence-electron chi connectivity index (χ2n) is 4.53. The first-order valence-electron chi connectivity index (χ1n) is 5.51. The van der Waals surface area contributed by atoms with Gasteiger partial charge in [-0.05, 0) is 52.1 Å². The van der Waals surface area contributed by atoms with E-state index in [0.717, 1.165) is 15.9 Å². The van der Waals surface area contributed by atoms with Crippen LogP contribution in [0.3, 0.4) is 0 Å². The van der Waals surface area contributed by atoms with Crippen LogP contribution in [-0.4, -0.2) is 33.4 Å². The Morgan fingerprint density at radius 3 is 2.21 bits per heavy atom. The van der Waals surface area contributed by atoms with Crippen molar-refractivity contribution in [3.05, 3.63) is 0 Å². The molecule has 0 aromatic rings. The molecule has 0 aliphatic heterocycles. The normalized spacial score (nSPS) is 30.6. The van der Waals surface area contributed by atoms with Gasteiger partial charge in [-0.1, -0.05) is 45.2 Å². The summed E-state index contributed by atoms with van der Waals surface area (Å²) in [5.41, 5.74) is 0. The van der Waals surface area contributed by atoms with Crippen LogP contribution in [0.5, 0.6) is 0 Å². The van der Waals surface area contributed by atoms with E-state index in [1.165, 1.54) is 36.5 Å². The van der Waals surface area contributed by atoms with E-state index in [1.54, 1.807) is 0 Å². The van der Waals surface area contributed by atoms with Crippen molar-refractivity contribution in [1.29, 1.82) is 0 Å². The minimum atomic E-state index is 0.856. The van der Waals surface area contributed by atoms with E-state index in [4.69, 9.17) is 0 Å². The zero-order valence-electron chi connectivity index (χ0n) is 9.18. The molecular weight excluding hydrogens is 400 g/mol. The van der Waals surface area contributed by atoms with E-state index < -0.39 is 0 Å². The fourth-order valence-electron chi connectivity index (χ4n) is 2.32. The molecular formula is C11H21I2N. The Labute approximate surface area is 116 Å². The molecule has 0 amide bonds. The van der Waals surface area contributed by atoms with Crippen molar-refractivity contribution in [3.63, 3.8) is 0 Å². The van der Waals surface area contributed by atoms with Crippen LogP contribution < -0.4 is 0 Å². The van der Waals surface area contributed by atoms with Crippen molar-refractivity contribution < 1.29 is 0 Å². The highest BCUT2D eigenvalue weighted by Crippen LogP contribution is 2.33. The van der Waals surface area contributed by atoms with Gasteiger partial charge in [0, 0.05) is 14.4 Å². The molecule has 1 atom stereocenters. The summed E-state index contributed by atoms with van der Waals surface area (Å²) >= 11 is 5.17. The van der Waals surface area contributed by atoms with E-state index in [2.05, 4.69) is 64.2 Å². The zero-order valence-corrected chi connectivity index (χ0v) is 13.5. The smallest absolute Gasteiger partial charge is 0.0145 e. The van der Waals surface area contributed by atoms with Crippen LogP contribution in [0.2, 0.25) is 0 Å². The first kappa shape index (κ1) is 13.5. The number of hydrogen-bond donors (Lipinski definition) is 0. The quantitative estimate of drug-likeness (QED) is 0.494. The van der Waals surface area contributed by atoms with Gasteiger partial charge in [0.15, 0.2) is 0 Å². The number of nitrogens with zero attached hydrogens (tertiary/aromatic N) is 1. The van der Waals surface area contributed by atoms with Gasteiger partial charge in [0.1, 0.15) is 0 Å². The highest BCUT2D eigenvalue weighted by atomic mass is 127. The molecule has 1 saturated carbocycles. The lowest BCUT2D eigenvalue weighted by molar-refractivity contribution is 0.193. The molecule has 0 aromatic carbocycles. The van der Waals surface area contributed by atoms with Crippen molar-refractivity contribution in [2.24, 2.45) is 5.92 Å². The second-order valence-corrected chi connectivity index (χ2v) is 7.20. The highest BCUT2D eigenvalue weighted by Gasteiger charge is 2.26. The molecule has 1 nitrogen and oxygen atoms in total. The van der Waals surface area contributed by atoms with Gasteiger partial charge in [0.05, 0.1) is 0 Å². The Morgan fingerprint density at radius 2 is 1.79 bits per heavy atom. The Bertz CT molecular complexity index is 153. The van der Waals surface area contributed by atoms with Crippen molar-refractivity contribution >= 4 is 45.2 Å². The van der Waals surface area contributed by atoms with Crippen LogP contribution in [0.4, 0.5) is 0 Å². The van der Waals surface area contributed by atoms with Crippen LogP contribution in [0.15, 0.2) is 0 Å². The molecule has 0 bridgehead atoms. The number of rotatable bonds is 4. The van der Waals surface area contributed by atoms with Crippen molar-refractivity contribution in [1.82, 2.24) is 4.90 Å². The second kappa shape index (κ2) is 6.89. The summed E-state index contributed by atoms with van der Waals surface area (Å²) in [6, 6.07) is 0.856. The molecule has 84 valence electrons. The molecule has 1 aliphatic carbocycles. The maximum absolute atomic E-state index is 2.67. The molecule has 1 aliphatic rings. The third-order valence-electron chi connectivity index (χ3n) is 3.37. The largest absolute Gasteiger partial charge is 0.306 e. The average Bonchev–Trinajstić information content (AvgIpc) is 2.18. The molecule has 0 radical (unpaired) electrons. The standard InChI is InChI=1S/C11H21I2N/c1-14(2)10-5-3-9(4-6-10)11(13)7-8-12/h9-11H,3-8H2,1-2H3. The lowest BCUT2D eigenvalue weighted by Crippen LogP contribution is -2.34. The van der Waals surface area contributed by atoms with Gasteiger partial charge in [-0.3, -0.25) is 0 Å². The fourth-order valence-corrected chi connectivity index (χ4v) is 5.21. The van der Waals surface area contributed by atoms with Gasteiger partial charge in [-0.25, -0.2) is 0 Å². The maximum atomic E-state index is 2.67. The van der Waals surface area contributed by atoms with Gasteiger partial charge >= 0.3 is 0 Å². The number of halogens is 2. The number of alkyl halides is 2. The van der Waals surface area contributed by atoms with Crippen LogP contribution in [-0.2, 0) is 0 Å². The maximum Gasteiger partial charge on any atom is 0.0145 e. The van der Waals surface area contributed by atoms with Gasteiger partial charge in [-0.2, -0.15) is 0 Å². The molecule has 0 N–H and O–H groups in total. The van der Waals surface area contributed by atoms with Crippen LogP contribution in [0.25, 0.3) is 0 Å². The van der Waals surface area contributed by atoms with Crippen LogP contribution in [0.1, 0.15) is 32.1 Å². The third-order valence-corrected chi connectivity index (χ3v) is 5.63. The summed E-state index contributed by atoms with van der Waals surface area (Å²) in [6.45, 7) is 0. The van der Waals surface area contributed by atoms with Crippen molar-refractivity contribution in [3.8, 4) is 0 Å². The summed E-state index contributed by atoms with van der Waals surface area (Å²) in [7, 11) is 4.44. The SMILES string of the molecule is CN(C)C1CCC(C(I)CCI)CC1. The first-order valence-corrected chi connectivity index (χ1v) is 8.28. The lowest BCUT2D eigenvalue weighted by atomic mass is 9.83. The van der Waals surface area contributed by atoms with E-state index in [9.17, 15) is 0 Å². The summed E-state index contributed by atoms with van der Waals surface area (Å²) in [5.74, 6) is 1.00. The lowest BCUT2D eigenvalue weighted by Gasteiger charge is -2.34. The summed E-state index contributed by atoms with van der Waals surface area (Å²) in [4.78, 5) is 2.40. The minimum absolute atomic E-state index is 0.856. The van der Waals surface area contributed by atoms with Crippen molar-refractivity contribution in [2.75, 3.05) is 18.5 Å². The van der Waals surface area contributed by atoms with Gasteiger partial charge in [-0.15, -0.1) is 0 Å². The molecule has 0 spiro atoms. The minimum Gasteiger partial charge on any atom is -0.306 e. The van der Waals surface area contributed by atoms with E-state index >= 15 is 0 Å². The molecule has 1 fully saturated rings. The first-order chi connectivity index (χ1) is 6.65. The van der Waals surface area contributed by atoms with Crippen molar-refractivity contribution in [2.45, 2.75) is 42.1 Å². The molecule has 3 heteroatoms. The van der Waals surface area contributed by atoms with Gasteiger partial charge in [0.2, 0.25) is 0 Å². The molecule has 14 heavy (non-hydrogen) atoms. The van der Waals surface area contributed by atoms with Crippen LogP contribution >= 0.6 is 45.2 Å². The highest BCUT2D eigenvalue weighted by molar-refractivity contribution is 14.1. The van der Waals surface area contributed by atoms with Crippen LogP contribution in [0, 0.1) is 5.92 Å². The van der Waals surface area contributed by atoms with E-state index in [-0.39, 0.29) is 0 Å². The van der Waals surface area contributed by atoms with E-state index in [0.29, 0.717) is 0 Å². The summed E-state index contributed by atoms with van der Waals surface area (Å²) < 4.78 is 2.24. The predicted octanol–water partition coefficient (Wildman–Crippen LogP) is 3.74. The summed E-state index contributed by atoms with van der Waals surface area (Å²) in [5, 5.41) is 0. The molecule has 1 rings (SSSR count). The molecule has 0 saturated heterocycles. The van der Waals surface area contributed by atoms with E-state index in [1.807, 2.05) is 0 Å².